The summed E-state index contributed by atoms with van der Waals surface area (Å²) in [6.45, 7) is 8.89. The lowest BCUT2D eigenvalue weighted by Gasteiger charge is -2.28. The quantitative estimate of drug-likeness (QED) is 0.628. The Kier molecular flexibility index (Phi) is 5.38. The zero-order chi connectivity index (χ0) is 11.3. The second kappa shape index (κ2) is 6.32. The summed E-state index contributed by atoms with van der Waals surface area (Å²) in [5.41, 5.74) is 1.44. The Morgan fingerprint density at radius 3 is 2.47 bits per heavy atom. The van der Waals surface area contributed by atoms with Crippen molar-refractivity contribution in [1.82, 2.24) is 0 Å². The monoisotopic (exact) mass is 210 g/mol. The van der Waals surface area contributed by atoms with E-state index >= 15 is 0 Å². The van der Waals surface area contributed by atoms with E-state index in [9.17, 15) is 0 Å². The minimum atomic E-state index is 0.295. The zero-order valence-corrected chi connectivity index (χ0v) is 10.8. The predicted octanol–water partition coefficient (Wildman–Crippen LogP) is 4.33. The van der Waals surface area contributed by atoms with Crippen LogP contribution in [0.5, 0.6) is 0 Å². The average molecular weight is 210 g/mol. The molecule has 0 heterocycles. The molecule has 88 valence electrons. The van der Waals surface area contributed by atoms with Crippen molar-refractivity contribution in [1.29, 1.82) is 0 Å². The van der Waals surface area contributed by atoms with Crippen molar-refractivity contribution in [3.63, 3.8) is 0 Å². The van der Waals surface area contributed by atoms with Gasteiger partial charge in [0.1, 0.15) is 0 Å². The Morgan fingerprint density at radius 1 is 1.33 bits per heavy atom. The van der Waals surface area contributed by atoms with E-state index in [-0.39, 0.29) is 0 Å². The van der Waals surface area contributed by atoms with Crippen LogP contribution in [0.15, 0.2) is 11.6 Å². The highest BCUT2D eigenvalue weighted by Crippen LogP contribution is 2.26. The molecular formula is C14H26O. The Morgan fingerprint density at radius 2 is 1.93 bits per heavy atom. The van der Waals surface area contributed by atoms with Crippen molar-refractivity contribution in [2.75, 3.05) is 0 Å². The lowest BCUT2D eigenvalue weighted by molar-refractivity contribution is -0.00618. The van der Waals surface area contributed by atoms with Crippen LogP contribution in [0.25, 0.3) is 0 Å². The predicted molar refractivity (Wildman–Crippen MR) is 66.0 cm³/mol. The van der Waals surface area contributed by atoms with Crippen LogP contribution in [0.3, 0.4) is 0 Å². The van der Waals surface area contributed by atoms with E-state index in [4.69, 9.17) is 4.74 Å². The van der Waals surface area contributed by atoms with Gasteiger partial charge in [0.05, 0.1) is 12.2 Å². The standard InChI is InChI=1S/C14H26O/c1-5-11(2)10-13(4)15-14-8-6-12(3)7-9-14/h10,12-14H,5-9H2,1-4H3/b11-10-. The first kappa shape index (κ1) is 12.8. The molecule has 0 aromatic rings. The summed E-state index contributed by atoms with van der Waals surface area (Å²) in [7, 11) is 0. The third kappa shape index (κ3) is 4.83. The fourth-order valence-corrected chi connectivity index (χ4v) is 2.23. The fraction of sp³-hybridized carbons (Fsp3) is 0.857. The maximum atomic E-state index is 6.04. The van der Waals surface area contributed by atoms with E-state index in [2.05, 4.69) is 33.8 Å². The Hall–Kier alpha value is -0.300. The van der Waals surface area contributed by atoms with Gasteiger partial charge in [0.15, 0.2) is 0 Å². The van der Waals surface area contributed by atoms with E-state index in [1.807, 2.05) is 0 Å². The smallest absolute Gasteiger partial charge is 0.0733 e. The van der Waals surface area contributed by atoms with Gasteiger partial charge in [0, 0.05) is 0 Å². The summed E-state index contributed by atoms with van der Waals surface area (Å²) in [4.78, 5) is 0. The van der Waals surface area contributed by atoms with Crippen LogP contribution in [0.1, 0.15) is 59.8 Å². The largest absolute Gasteiger partial charge is 0.371 e. The summed E-state index contributed by atoms with van der Waals surface area (Å²) in [5, 5.41) is 0. The summed E-state index contributed by atoms with van der Waals surface area (Å²) in [6.07, 6.45) is 9.39. The van der Waals surface area contributed by atoms with E-state index in [1.165, 1.54) is 31.3 Å². The van der Waals surface area contributed by atoms with Crippen molar-refractivity contribution >= 4 is 0 Å². The van der Waals surface area contributed by atoms with Crippen molar-refractivity contribution in [3.8, 4) is 0 Å². The van der Waals surface area contributed by atoms with E-state index < -0.39 is 0 Å². The van der Waals surface area contributed by atoms with Gasteiger partial charge in [-0.25, -0.2) is 0 Å². The number of hydrogen-bond acceptors (Lipinski definition) is 1. The Labute approximate surface area is 94.9 Å². The molecular weight excluding hydrogens is 184 g/mol. The molecule has 1 aliphatic rings. The lowest BCUT2D eigenvalue weighted by Crippen LogP contribution is -2.24. The molecule has 0 spiro atoms. The van der Waals surface area contributed by atoms with Gasteiger partial charge < -0.3 is 4.74 Å². The van der Waals surface area contributed by atoms with Crippen LogP contribution in [0.4, 0.5) is 0 Å². The SMILES string of the molecule is CC/C(C)=C\C(C)OC1CCC(C)CC1. The minimum Gasteiger partial charge on any atom is -0.371 e. The first-order valence-corrected chi connectivity index (χ1v) is 6.44. The zero-order valence-electron chi connectivity index (χ0n) is 10.8. The number of ether oxygens (including phenoxy) is 1. The van der Waals surface area contributed by atoms with Crippen LogP contribution in [-0.2, 0) is 4.74 Å². The highest BCUT2D eigenvalue weighted by molar-refractivity contribution is 5.00. The highest BCUT2D eigenvalue weighted by Gasteiger charge is 2.19. The second-order valence-corrected chi connectivity index (χ2v) is 5.09. The average Bonchev–Trinajstić information content (AvgIpc) is 2.21. The van der Waals surface area contributed by atoms with Crippen LogP contribution in [0, 0.1) is 5.92 Å². The molecule has 0 radical (unpaired) electrons. The fourth-order valence-electron chi connectivity index (χ4n) is 2.23. The molecule has 0 aromatic heterocycles. The second-order valence-electron chi connectivity index (χ2n) is 5.09. The molecule has 0 amide bonds. The number of allylic oxidation sites excluding steroid dienone is 1. The Bertz CT molecular complexity index is 199. The third-order valence-corrected chi connectivity index (χ3v) is 3.45. The van der Waals surface area contributed by atoms with E-state index in [0.717, 1.165) is 12.3 Å². The van der Waals surface area contributed by atoms with Crippen LogP contribution in [-0.4, -0.2) is 12.2 Å². The first-order chi connectivity index (χ1) is 7.11. The molecule has 1 atom stereocenters. The van der Waals surface area contributed by atoms with Crippen LogP contribution in [0.2, 0.25) is 0 Å². The molecule has 1 fully saturated rings. The normalized spacial score (nSPS) is 30.3. The summed E-state index contributed by atoms with van der Waals surface area (Å²) in [5.74, 6) is 0.910. The number of hydrogen-bond donors (Lipinski definition) is 0. The van der Waals surface area contributed by atoms with Crippen molar-refractivity contribution < 1.29 is 4.74 Å². The molecule has 15 heavy (non-hydrogen) atoms. The molecule has 0 saturated heterocycles. The van der Waals surface area contributed by atoms with Gasteiger partial charge in [-0.3, -0.25) is 0 Å². The van der Waals surface area contributed by atoms with E-state index in [1.54, 1.807) is 0 Å². The summed E-state index contributed by atoms with van der Waals surface area (Å²) >= 11 is 0. The maximum absolute atomic E-state index is 6.04. The maximum Gasteiger partial charge on any atom is 0.0733 e. The molecule has 1 aliphatic carbocycles. The van der Waals surface area contributed by atoms with Crippen molar-refractivity contribution in [2.45, 2.75) is 72.0 Å². The van der Waals surface area contributed by atoms with Crippen LogP contribution >= 0.6 is 0 Å². The minimum absolute atomic E-state index is 0.295. The molecule has 1 unspecified atom stereocenters. The topological polar surface area (TPSA) is 9.23 Å². The highest BCUT2D eigenvalue weighted by atomic mass is 16.5. The van der Waals surface area contributed by atoms with Gasteiger partial charge in [-0.2, -0.15) is 0 Å². The summed E-state index contributed by atoms with van der Waals surface area (Å²) in [6, 6.07) is 0. The molecule has 0 bridgehead atoms. The Balaban J connectivity index is 2.29. The number of rotatable bonds is 4. The molecule has 1 nitrogen and oxygen atoms in total. The van der Waals surface area contributed by atoms with Crippen LogP contribution < -0.4 is 0 Å². The van der Waals surface area contributed by atoms with Gasteiger partial charge in [0.25, 0.3) is 0 Å². The van der Waals surface area contributed by atoms with Crippen molar-refractivity contribution in [2.24, 2.45) is 5.92 Å². The molecule has 0 aromatic carbocycles. The molecule has 0 N–H and O–H groups in total. The first-order valence-electron chi connectivity index (χ1n) is 6.44. The molecule has 1 saturated carbocycles. The van der Waals surface area contributed by atoms with E-state index in [0.29, 0.717) is 12.2 Å². The van der Waals surface area contributed by atoms with Gasteiger partial charge in [-0.15, -0.1) is 0 Å². The van der Waals surface area contributed by atoms with Gasteiger partial charge in [-0.05, 0) is 51.9 Å². The van der Waals surface area contributed by atoms with Gasteiger partial charge >= 0.3 is 0 Å². The molecule has 1 rings (SSSR count). The molecule has 1 heteroatoms. The van der Waals surface area contributed by atoms with Gasteiger partial charge in [-0.1, -0.05) is 25.5 Å². The molecule has 0 aliphatic heterocycles. The lowest BCUT2D eigenvalue weighted by atomic mass is 9.89. The third-order valence-electron chi connectivity index (χ3n) is 3.45. The van der Waals surface area contributed by atoms with Crippen molar-refractivity contribution in [3.05, 3.63) is 11.6 Å². The van der Waals surface area contributed by atoms with Gasteiger partial charge in [0.2, 0.25) is 0 Å². The summed E-state index contributed by atoms with van der Waals surface area (Å²) < 4.78 is 6.04.